The summed E-state index contributed by atoms with van der Waals surface area (Å²) < 4.78 is 14.0. The van der Waals surface area contributed by atoms with Gasteiger partial charge in [0.2, 0.25) is 11.8 Å². The zero-order valence-corrected chi connectivity index (χ0v) is 11.7. The van der Waals surface area contributed by atoms with Crippen LogP contribution in [0.1, 0.15) is 31.4 Å². The Hall–Kier alpha value is -1.91. The number of benzene rings is 1. The zero-order chi connectivity index (χ0) is 14.7. The van der Waals surface area contributed by atoms with Crippen molar-refractivity contribution in [1.29, 1.82) is 0 Å². The van der Waals surface area contributed by atoms with Crippen molar-refractivity contribution in [3.05, 3.63) is 35.6 Å². The lowest BCUT2D eigenvalue weighted by Gasteiger charge is -2.38. The van der Waals surface area contributed by atoms with Crippen molar-refractivity contribution in [2.24, 2.45) is 5.92 Å². The Kier molecular flexibility index (Phi) is 4.37. The first kappa shape index (κ1) is 14.5. The van der Waals surface area contributed by atoms with Crippen molar-refractivity contribution in [2.75, 3.05) is 13.6 Å². The smallest absolute Gasteiger partial charge is 0.225 e. The highest BCUT2D eigenvalue weighted by Gasteiger charge is 2.39. The van der Waals surface area contributed by atoms with Crippen molar-refractivity contribution in [3.63, 3.8) is 0 Å². The highest BCUT2D eigenvalue weighted by Crippen LogP contribution is 2.36. The topological polar surface area (TPSA) is 49.4 Å². The number of nitrogens with one attached hydrogen (secondary N) is 1. The number of amides is 2. The van der Waals surface area contributed by atoms with Gasteiger partial charge in [-0.15, -0.1) is 0 Å². The summed E-state index contributed by atoms with van der Waals surface area (Å²) in [4.78, 5) is 25.5. The maximum absolute atomic E-state index is 14.0. The van der Waals surface area contributed by atoms with E-state index in [-0.39, 0.29) is 17.6 Å². The Morgan fingerprint density at radius 2 is 2.15 bits per heavy atom. The molecule has 1 heterocycles. The van der Waals surface area contributed by atoms with Gasteiger partial charge >= 0.3 is 0 Å². The first-order valence-electron chi connectivity index (χ1n) is 6.84. The van der Waals surface area contributed by atoms with Crippen LogP contribution in [0.3, 0.4) is 0 Å². The average Bonchev–Trinajstić information content (AvgIpc) is 2.43. The number of piperidine rings is 1. The van der Waals surface area contributed by atoms with Crippen LogP contribution in [0.25, 0.3) is 0 Å². The van der Waals surface area contributed by atoms with Crippen LogP contribution in [0.2, 0.25) is 0 Å². The van der Waals surface area contributed by atoms with Crippen LogP contribution >= 0.6 is 0 Å². The van der Waals surface area contributed by atoms with Crippen LogP contribution in [0.4, 0.5) is 4.39 Å². The molecule has 1 aliphatic heterocycles. The SMILES string of the molecule is CCNC(=O)[C@H]1CCC(=O)N(C)[C@H]1c1ccccc1F. The lowest BCUT2D eigenvalue weighted by molar-refractivity contribution is -0.141. The van der Waals surface area contributed by atoms with E-state index in [1.54, 1.807) is 25.2 Å². The fraction of sp³-hybridized carbons (Fsp3) is 0.467. The molecule has 0 saturated carbocycles. The molecule has 0 radical (unpaired) electrons. The average molecular weight is 278 g/mol. The summed E-state index contributed by atoms with van der Waals surface area (Å²) in [7, 11) is 1.63. The summed E-state index contributed by atoms with van der Waals surface area (Å²) in [6.45, 7) is 2.37. The predicted octanol–water partition coefficient (Wildman–Crippen LogP) is 1.87. The van der Waals surface area contributed by atoms with E-state index in [2.05, 4.69) is 5.32 Å². The lowest BCUT2D eigenvalue weighted by atomic mass is 9.83. The first-order chi connectivity index (χ1) is 9.56. The maximum atomic E-state index is 14.0. The van der Waals surface area contributed by atoms with E-state index in [9.17, 15) is 14.0 Å². The number of nitrogens with zero attached hydrogens (tertiary/aromatic N) is 1. The van der Waals surface area contributed by atoms with Crippen molar-refractivity contribution in [3.8, 4) is 0 Å². The van der Waals surface area contributed by atoms with E-state index in [1.165, 1.54) is 11.0 Å². The number of halogens is 1. The molecular weight excluding hydrogens is 259 g/mol. The molecule has 0 aliphatic carbocycles. The Balaban J connectivity index is 2.38. The second-order valence-corrected chi connectivity index (χ2v) is 5.01. The number of carbonyl (C=O) groups excluding carboxylic acids is 2. The minimum absolute atomic E-state index is 0.0567. The van der Waals surface area contributed by atoms with Crippen LogP contribution in [-0.4, -0.2) is 30.3 Å². The zero-order valence-electron chi connectivity index (χ0n) is 11.7. The number of carbonyl (C=O) groups is 2. The van der Waals surface area contributed by atoms with E-state index in [1.807, 2.05) is 6.92 Å². The van der Waals surface area contributed by atoms with Gasteiger partial charge in [0.15, 0.2) is 0 Å². The van der Waals surface area contributed by atoms with E-state index >= 15 is 0 Å². The van der Waals surface area contributed by atoms with Crippen LogP contribution in [0.15, 0.2) is 24.3 Å². The number of hydrogen-bond acceptors (Lipinski definition) is 2. The summed E-state index contributed by atoms with van der Waals surface area (Å²) in [5.74, 6) is -0.971. The second-order valence-electron chi connectivity index (χ2n) is 5.01. The molecule has 1 aliphatic rings. The van der Waals surface area contributed by atoms with E-state index in [0.717, 1.165) is 0 Å². The fourth-order valence-electron chi connectivity index (χ4n) is 2.76. The molecule has 108 valence electrons. The summed E-state index contributed by atoms with van der Waals surface area (Å²) in [5.41, 5.74) is 0.402. The summed E-state index contributed by atoms with van der Waals surface area (Å²) >= 11 is 0. The third kappa shape index (κ3) is 2.66. The first-order valence-corrected chi connectivity index (χ1v) is 6.84. The molecular formula is C15H19FN2O2. The van der Waals surface area contributed by atoms with E-state index in [0.29, 0.717) is 24.9 Å². The van der Waals surface area contributed by atoms with Crippen molar-refractivity contribution in [2.45, 2.75) is 25.8 Å². The molecule has 1 N–H and O–H groups in total. The minimum Gasteiger partial charge on any atom is -0.356 e. The molecule has 1 aromatic rings. The maximum Gasteiger partial charge on any atom is 0.225 e. The quantitative estimate of drug-likeness (QED) is 0.917. The van der Waals surface area contributed by atoms with E-state index in [4.69, 9.17) is 0 Å². The molecule has 1 aromatic carbocycles. The molecule has 0 bridgehead atoms. The molecule has 1 fully saturated rings. The van der Waals surface area contributed by atoms with Gasteiger partial charge in [-0.3, -0.25) is 9.59 Å². The largest absolute Gasteiger partial charge is 0.356 e. The standard InChI is InChI=1S/C15H19FN2O2/c1-3-17-15(20)11-8-9-13(19)18(2)14(11)10-6-4-5-7-12(10)16/h4-7,11,14H,3,8-9H2,1-2H3,(H,17,20)/t11-,14-/m0/s1. The Bertz CT molecular complexity index is 518. The second kappa shape index (κ2) is 6.03. The van der Waals surface area contributed by atoms with Crippen LogP contribution in [0.5, 0.6) is 0 Å². The highest BCUT2D eigenvalue weighted by molar-refractivity contribution is 5.84. The van der Waals surface area contributed by atoms with Gasteiger partial charge in [-0.05, 0) is 19.4 Å². The molecule has 2 amide bonds. The summed E-state index contributed by atoms with van der Waals surface area (Å²) in [6.07, 6.45) is 0.775. The molecule has 5 heteroatoms. The third-order valence-electron chi connectivity index (χ3n) is 3.77. The van der Waals surface area contributed by atoms with Crippen molar-refractivity contribution < 1.29 is 14.0 Å². The number of hydrogen-bond donors (Lipinski definition) is 1. The summed E-state index contributed by atoms with van der Waals surface area (Å²) in [6, 6.07) is 5.78. The van der Waals surface area contributed by atoms with Crippen molar-refractivity contribution >= 4 is 11.8 Å². The lowest BCUT2D eigenvalue weighted by Crippen LogP contribution is -2.46. The van der Waals surface area contributed by atoms with Gasteiger partial charge in [0, 0.05) is 25.6 Å². The van der Waals surface area contributed by atoms with Crippen LogP contribution < -0.4 is 5.32 Å². The van der Waals surface area contributed by atoms with Gasteiger partial charge in [0.1, 0.15) is 5.82 Å². The number of likely N-dealkylation sites (tertiary alicyclic amines) is 1. The van der Waals surface area contributed by atoms with Gasteiger partial charge in [0.25, 0.3) is 0 Å². The monoisotopic (exact) mass is 278 g/mol. The molecule has 1 saturated heterocycles. The summed E-state index contributed by atoms with van der Waals surface area (Å²) in [5, 5.41) is 2.77. The van der Waals surface area contributed by atoms with Gasteiger partial charge in [0.05, 0.1) is 12.0 Å². The van der Waals surface area contributed by atoms with Gasteiger partial charge < -0.3 is 10.2 Å². The number of rotatable bonds is 3. The van der Waals surface area contributed by atoms with Gasteiger partial charge in [-0.2, -0.15) is 0 Å². The molecule has 0 unspecified atom stereocenters. The Morgan fingerprint density at radius 1 is 1.45 bits per heavy atom. The Morgan fingerprint density at radius 3 is 2.80 bits per heavy atom. The fourth-order valence-corrected chi connectivity index (χ4v) is 2.76. The molecule has 0 spiro atoms. The minimum atomic E-state index is -0.538. The van der Waals surface area contributed by atoms with Gasteiger partial charge in [-0.1, -0.05) is 18.2 Å². The third-order valence-corrected chi connectivity index (χ3v) is 3.77. The highest BCUT2D eigenvalue weighted by atomic mass is 19.1. The predicted molar refractivity (Wildman–Crippen MR) is 73.3 cm³/mol. The van der Waals surface area contributed by atoms with Gasteiger partial charge in [-0.25, -0.2) is 4.39 Å². The van der Waals surface area contributed by atoms with Crippen molar-refractivity contribution in [1.82, 2.24) is 10.2 Å². The molecule has 0 aromatic heterocycles. The van der Waals surface area contributed by atoms with Crippen LogP contribution in [-0.2, 0) is 9.59 Å². The Labute approximate surface area is 118 Å². The normalized spacial score (nSPS) is 22.8. The van der Waals surface area contributed by atoms with E-state index < -0.39 is 12.0 Å². The molecule has 20 heavy (non-hydrogen) atoms. The molecule has 4 nitrogen and oxygen atoms in total. The van der Waals surface area contributed by atoms with Crippen LogP contribution in [0, 0.1) is 11.7 Å². The molecule has 2 rings (SSSR count). The molecule has 2 atom stereocenters.